The number of hydrogen-bond donors (Lipinski definition) is 0. The van der Waals surface area contributed by atoms with Gasteiger partial charge in [0.2, 0.25) is 0 Å². The Morgan fingerprint density at radius 2 is 0.768 bits per heavy atom. The van der Waals surface area contributed by atoms with Gasteiger partial charge in [0.25, 0.3) is 0 Å². The molecule has 0 aliphatic heterocycles. The molecule has 1 aliphatic carbocycles. The van der Waals surface area contributed by atoms with E-state index in [1.807, 2.05) is 158 Å². The number of hydrogen-bond acceptors (Lipinski definition) is 5. The summed E-state index contributed by atoms with van der Waals surface area (Å²) in [5.74, 6) is 2.05. The lowest BCUT2D eigenvalue weighted by molar-refractivity contribution is 0.180. The first-order valence-electron chi connectivity index (χ1n) is 32.1. The molecule has 5 aromatic heterocycles. The molecule has 0 N–H and O–H groups in total. The summed E-state index contributed by atoms with van der Waals surface area (Å²) < 4.78 is 10.1. The minimum absolute atomic E-state index is 0.156. The van der Waals surface area contributed by atoms with E-state index < -0.39 is 0 Å². The predicted molar refractivity (Wildman–Crippen MR) is 374 cm³/mol. The van der Waals surface area contributed by atoms with Gasteiger partial charge >= 0.3 is 0 Å². The Balaban J connectivity index is -0.000000154. The van der Waals surface area contributed by atoms with Crippen LogP contribution in [0.1, 0.15) is 308 Å². The van der Waals surface area contributed by atoms with Gasteiger partial charge in [-0.15, -0.1) is 0 Å². The molecule has 5 heterocycles. The van der Waals surface area contributed by atoms with Gasteiger partial charge in [-0.2, -0.15) is 0 Å². The van der Waals surface area contributed by atoms with E-state index in [2.05, 4.69) is 215 Å². The lowest BCUT2D eigenvalue weighted by Gasteiger charge is -2.33. The number of furan rings is 2. The highest BCUT2D eigenvalue weighted by atomic mass is 16.3. The third kappa shape index (κ3) is 49.8. The first-order valence-corrected chi connectivity index (χ1v) is 32.1. The average molecular weight is 1140 g/mol. The van der Waals surface area contributed by atoms with Crippen molar-refractivity contribution in [2.75, 3.05) is 0 Å². The maximum Gasteiger partial charge on any atom is 0.109 e. The van der Waals surface area contributed by atoms with E-state index in [0.717, 1.165) is 17.4 Å². The number of pyridine rings is 3. The Morgan fingerprint density at radius 1 is 0.341 bits per heavy atom. The van der Waals surface area contributed by atoms with Crippen molar-refractivity contribution in [1.82, 2.24) is 15.0 Å². The van der Waals surface area contributed by atoms with E-state index in [9.17, 15) is 0 Å². The van der Waals surface area contributed by atoms with Crippen LogP contribution in [0.4, 0.5) is 0 Å². The highest BCUT2D eigenvalue weighted by Crippen LogP contribution is 2.37. The first kappa shape index (κ1) is 91.0. The van der Waals surface area contributed by atoms with Crippen LogP contribution in [0, 0.1) is 11.3 Å². The molecule has 0 bridgehead atoms. The first-order chi connectivity index (χ1) is 38.2. The van der Waals surface area contributed by atoms with Crippen LogP contribution in [-0.2, 0) is 32.5 Å². The number of rotatable bonds is 0. The second kappa shape index (κ2) is 51.8. The van der Waals surface area contributed by atoms with Crippen LogP contribution in [0.25, 0.3) is 0 Å². The quantitative estimate of drug-likeness (QED) is 0.152. The molecule has 0 spiro atoms. The highest BCUT2D eigenvalue weighted by Gasteiger charge is 2.25. The molecule has 5 heteroatoms. The van der Waals surface area contributed by atoms with Crippen molar-refractivity contribution in [2.45, 2.75) is 307 Å². The van der Waals surface area contributed by atoms with Crippen LogP contribution in [-0.4, -0.2) is 15.0 Å². The molecular formula is C77H139N3O2. The number of aromatic nitrogens is 3. The molecular weight excluding hydrogens is 999 g/mol. The molecule has 0 atom stereocenters. The van der Waals surface area contributed by atoms with Gasteiger partial charge in [-0.3, -0.25) is 15.0 Å². The van der Waals surface area contributed by atoms with Gasteiger partial charge in [0.15, 0.2) is 0 Å². The summed E-state index contributed by atoms with van der Waals surface area (Å²) in [4.78, 5) is 12.3. The predicted octanol–water partition coefficient (Wildman–Crippen LogP) is 26.1. The van der Waals surface area contributed by atoms with Gasteiger partial charge in [0.05, 0.1) is 18.8 Å². The molecule has 0 unspecified atom stereocenters. The minimum atomic E-state index is 0.156. The Morgan fingerprint density at radius 3 is 1.00 bits per heavy atom. The van der Waals surface area contributed by atoms with Crippen LogP contribution in [0.3, 0.4) is 0 Å². The number of benzene rings is 1. The van der Waals surface area contributed by atoms with Crippen molar-refractivity contribution >= 4 is 0 Å². The molecule has 474 valence electrons. The van der Waals surface area contributed by atoms with Crippen molar-refractivity contribution in [3.8, 4) is 0 Å². The average Bonchev–Trinajstić information content (AvgIpc) is 4.24. The normalized spacial score (nSPS) is 11.5. The molecule has 82 heavy (non-hydrogen) atoms. The highest BCUT2D eigenvalue weighted by molar-refractivity contribution is 5.22. The van der Waals surface area contributed by atoms with Crippen LogP contribution in [0.5, 0.6) is 0 Å². The maximum absolute atomic E-state index is 5.20. The third-order valence-electron chi connectivity index (χ3n) is 11.6. The smallest absolute Gasteiger partial charge is 0.109 e. The van der Waals surface area contributed by atoms with Crippen LogP contribution < -0.4 is 0 Å². The molecule has 5 nitrogen and oxygen atoms in total. The zero-order chi connectivity index (χ0) is 65.9. The van der Waals surface area contributed by atoms with Crippen molar-refractivity contribution in [1.29, 1.82) is 0 Å². The second-order valence-corrected chi connectivity index (χ2v) is 25.2. The molecule has 1 aromatic carbocycles. The van der Waals surface area contributed by atoms with Crippen LogP contribution in [0.15, 0.2) is 150 Å². The molecule has 6 aromatic rings. The fourth-order valence-electron chi connectivity index (χ4n) is 6.77. The van der Waals surface area contributed by atoms with Crippen molar-refractivity contribution in [3.05, 3.63) is 174 Å². The maximum atomic E-state index is 5.20. The van der Waals surface area contributed by atoms with E-state index in [1.165, 1.54) is 54.4 Å². The zero-order valence-electron chi connectivity index (χ0n) is 61.1. The van der Waals surface area contributed by atoms with Gasteiger partial charge < -0.3 is 8.83 Å². The Labute approximate surface area is 514 Å². The largest absolute Gasteiger partial charge is 0.472 e. The van der Waals surface area contributed by atoms with E-state index >= 15 is 0 Å². The Kier molecular flexibility index (Phi) is 57.5. The lowest BCUT2D eigenvalue weighted by Crippen LogP contribution is -2.22. The monoisotopic (exact) mass is 1140 g/mol. The zero-order valence-corrected chi connectivity index (χ0v) is 61.1. The van der Waals surface area contributed by atoms with E-state index in [4.69, 9.17) is 8.83 Å². The van der Waals surface area contributed by atoms with Gasteiger partial charge in [0.1, 0.15) is 5.76 Å². The van der Waals surface area contributed by atoms with Crippen LogP contribution in [0.2, 0.25) is 0 Å². The summed E-state index contributed by atoms with van der Waals surface area (Å²) >= 11 is 0. The summed E-state index contributed by atoms with van der Waals surface area (Å²) in [5.41, 5.74) is 8.33. The lowest BCUT2D eigenvalue weighted by atomic mass is 9.72. The fourth-order valence-corrected chi connectivity index (χ4v) is 6.77. The summed E-state index contributed by atoms with van der Waals surface area (Å²) in [5, 5.41) is 0. The van der Waals surface area contributed by atoms with Crippen molar-refractivity contribution in [2.24, 2.45) is 11.3 Å². The molecule has 0 radical (unpaired) electrons. The third-order valence-corrected chi connectivity index (χ3v) is 11.6. The summed E-state index contributed by atoms with van der Waals surface area (Å²) in [6.45, 7) is 74.3. The van der Waals surface area contributed by atoms with Gasteiger partial charge in [-0.25, -0.2) is 0 Å². The molecule has 1 saturated carbocycles. The molecule has 1 fully saturated rings. The fraction of sp³-hybridized carbons (Fsp3) is 0.623. The molecule has 7 rings (SSSR count). The molecule has 0 saturated heterocycles. The molecule has 1 aliphatic rings. The minimum Gasteiger partial charge on any atom is -0.472 e. The van der Waals surface area contributed by atoms with E-state index in [1.54, 1.807) is 25.0 Å². The number of nitrogens with zero attached hydrogens (tertiary/aromatic N) is 3. The Hall–Kier alpha value is -4.77. The SMILES string of the molecule is CC.CC.CC.CC.CC.CC.CC.CC(C)(C)C1CCCCC1.CC(C)(C)c1ccccc1.CC(C)(C)c1ccccn1.CC(C)(C)c1cccnc1.CC(C)(C)c1ccco1.CC(C)(C)c1ccncc1.CC(C)(C)c1ccoc1. The van der Waals surface area contributed by atoms with Crippen molar-refractivity contribution in [3.63, 3.8) is 0 Å². The second-order valence-electron chi connectivity index (χ2n) is 25.2. The topological polar surface area (TPSA) is 65.0 Å². The summed E-state index contributed by atoms with van der Waals surface area (Å²) in [7, 11) is 0. The van der Waals surface area contributed by atoms with Gasteiger partial charge in [-0.1, -0.05) is 304 Å². The summed E-state index contributed by atoms with van der Waals surface area (Å²) in [6.07, 6.45) is 21.8. The Bertz CT molecular complexity index is 1850. The van der Waals surface area contributed by atoms with Gasteiger partial charge in [-0.05, 0) is 117 Å². The van der Waals surface area contributed by atoms with E-state index in [0.29, 0.717) is 10.8 Å². The van der Waals surface area contributed by atoms with Crippen molar-refractivity contribution < 1.29 is 8.83 Å². The van der Waals surface area contributed by atoms with E-state index in [-0.39, 0.29) is 27.1 Å². The van der Waals surface area contributed by atoms with Crippen LogP contribution >= 0.6 is 0 Å². The standard InChI is InChI=1S/C10H20.C10H14.3C9H13N.2C8H12O.7C2H6/c2*1-10(2,3)9-7-5-4-6-8-9;1-9(2,3)8-4-6-10-7-5-8;1-9(2,3)8-5-4-6-10-7-8;1-9(2,3)8-6-4-5-7-10-8;1-8(2,3)7-4-5-9-6-7;1-8(2,3)7-5-4-6-9-7;7*1-2/h9H,4-8H2,1-3H3;4-8H,1-3H3;3*4-7H,1-3H3;2*4-6H,1-3H3;7*1-2H3. The van der Waals surface area contributed by atoms with Gasteiger partial charge in [0, 0.05) is 47.5 Å². The molecule has 0 amide bonds. The summed E-state index contributed by atoms with van der Waals surface area (Å²) in [6, 6.07) is 30.7.